The lowest BCUT2D eigenvalue weighted by Gasteiger charge is -2.02. The third-order valence-electron chi connectivity index (χ3n) is 1.01. The summed E-state index contributed by atoms with van der Waals surface area (Å²) in [6, 6.07) is 0. The maximum atomic E-state index is 9.95. The van der Waals surface area contributed by atoms with E-state index in [-0.39, 0.29) is 4.92 Å². The van der Waals surface area contributed by atoms with Gasteiger partial charge in [0, 0.05) is 18.4 Å². The largest absolute Gasteiger partial charge is 0.263 e. The van der Waals surface area contributed by atoms with Gasteiger partial charge in [-0.3, -0.25) is 15.4 Å². The van der Waals surface area contributed by atoms with E-state index in [2.05, 4.69) is 5.32 Å². The molecule has 0 heterocycles. The van der Waals surface area contributed by atoms with Crippen molar-refractivity contribution in [3.63, 3.8) is 0 Å². The number of nitrogens with zero attached hydrogens (tertiary/aromatic N) is 1. The zero-order valence-electron chi connectivity index (χ0n) is 5.76. The summed E-state index contributed by atoms with van der Waals surface area (Å²) < 4.78 is 0. The normalized spacial score (nSPS) is 13.1. The molecule has 0 aliphatic carbocycles. The van der Waals surface area contributed by atoms with Gasteiger partial charge >= 0.3 is 0 Å². The molecular formula is C5H12N2O2. The van der Waals surface area contributed by atoms with Crippen LogP contribution < -0.4 is 5.32 Å². The molecule has 0 bridgehead atoms. The summed E-state index contributed by atoms with van der Waals surface area (Å²) in [7, 11) is 0. The van der Waals surface area contributed by atoms with Gasteiger partial charge in [0.2, 0.25) is 0 Å². The Bertz CT molecular complexity index is 95.0. The van der Waals surface area contributed by atoms with Gasteiger partial charge in [0.1, 0.15) is 0 Å². The Kier molecular flexibility index (Phi) is 3.96. The molecule has 4 nitrogen and oxygen atoms in total. The molecule has 0 radical (unpaired) electrons. The molecule has 0 rings (SSSR count). The summed E-state index contributed by atoms with van der Waals surface area (Å²) in [4.78, 5) is 9.61. The number of hydrogen-bond acceptors (Lipinski definition) is 3. The predicted molar refractivity (Wildman–Crippen MR) is 34.8 cm³/mol. The molecule has 9 heavy (non-hydrogen) atoms. The quantitative estimate of drug-likeness (QED) is 0.346. The Hall–Kier alpha value is -0.640. The monoisotopic (exact) mass is 132 g/mol. The zero-order valence-corrected chi connectivity index (χ0v) is 5.76. The third-order valence-corrected chi connectivity index (χ3v) is 1.01. The van der Waals surface area contributed by atoms with Gasteiger partial charge in [-0.1, -0.05) is 6.92 Å². The average molecular weight is 132 g/mol. The highest BCUT2D eigenvalue weighted by atomic mass is 16.6. The van der Waals surface area contributed by atoms with Crippen LogP contribution in [0, 0.1) is 10.1 Å². The van der Waals surface area contributed by atoms with Crippen molar-refractivity contribution in [2.75, 3.05) is 6.54 Å². The number of rotatable bonds is 4. The molecule has 0 aromatic heterocycles. The van der Waals surface area contributed by atoms with Crippen LogP contribution in [0.2, 0.25) is 0 Å². The first kappa shape index (κ1) is 8.36. The number of nitro groups is 1. The first-order valence-electron chi connectivity index (χ1n) is 3.05. The second-order valence-electron chi connectivity index (χ2n) is 1.92. The molecule has 1 N–H and O–H groups in total. The Balaban J connectivity index is 3.27. The lowest BCUT2D eigenvalue weighted by Crippen LogP contribution is -2.33. The fourth-order valence-corrected chi connectivity index (χ4v) is 0.428. The highest BCUT2D eigenvalue weighted by molar-refractivity contribution is 4.43. The molecule has 1 unspecified atom stereocenters. The minimum atomic E-state index is -0.607. The van der Waals surface area contributed by atoms with Crippen molar-refractivity contribution in [1.82, 2.24) is 5.32 Å². The standard InChI is InChI=1S/C5H12N2O2/c1-3-4-6-5(2)7(8)9/h5-6H,3-4H2,1-2H3. The third kappa shape index (κ3) is 3.90. The molecule has 4 heteroatoms. The number of nitrogens with one attached hydrogen (secondary N) is 1. The van der Waals surface area contributed by atoms with Crippen molar-refractivity contribution >= 4 is 0 Å². The van der Waals surface area contributed by atoms with Crippen molar-refractivity contribution in [3.8, 4) is 0 Å². The van der Waals surface area contributed by atoms with Gasteiger partial charge < -0.3 is 0 Å². The Morgan fingerprint density at radius 3 is 2.67 bits per heavy atom. The predicted octanol–water partition coefficient (Wildman–Crippen LogP) is 0.609. The van der Waals surface area contributed by atoms with Crippen LogP contribution in [0.1, 0.15) is 20.3 Å². The van der Waals surface area contributed by atoms with E-state index in [9.17, 15) is 10.1 Å². The van der Waals surface area contributed by atoms with Crippen molar-refractivity contribution < 1.29 is 4.92 Å². The maximum absolute atomic E-state index is 9.95. The van der Waals surface area contributed by atoms with E-state index >= 15 is 0 Å². The van der Waals surface area contributed by atoms with Gasteiger partial charge in [-0.2, -0.15) is 0 Å². The first-order valence-corrected chi connectivity index (χ1v) is 3.05. The van der Waals surface area contributed by atoms with Crippen LogP contribution in [0.25, 0.3) is 0 Å². The van der Waals surface area contributed by atoms with E-state index in [0.717, 1.165) is 6.42 Å². The van der Waals surface area contributed by atoms with Crippen LogP contribution in [-0.2, 0) is 0 Å². The van der Waals surface area contributed by atoms with Gasteiger partial charge in [0.25, 0.3) is 6.17 Å². The molecule has 0 saturated heterocycles. The van der Waals surface area contributed by atoms with Crippen LogP contribution in [-0.4, -0.2) is 17.6 Å². The molecule has 1 atom stereocenters. The fourth-order valence-electron chi connectivity index (χ4n) is 0.428. The van der Waals surface area contributed by atoms with E-state index in [1.54, 1.807) is 0 Å². The first-order chi connectivity index (χ1) is 4.18. The van der Waals surface area contributed by atoms with Crippen molar-refractivity contribution in [2.45, 2.75) is 26.4 Å². The maximum Gasteiger partial charge on any atom is 0.263 e. The second kappa shape index (κ2) is 4.26. The molecule has 0 aromatic carbocycles. The molecule has 54 valence electrons. The summed E-state index contributed by atoms with van der Waals surface area (Å²) in [6.45, 7) is 4.22. The minimum absolute atomic E-state index is 0.338. The van der Waals surface area contributed by atoms with E-state index in [1.165, 1.54) is 6.92 Å². The minimum Gasteiger partial charge on any atom is -0.263 e. The lowest BCUT2D eigenvalue weighted by atomic mass is 10.4. The zero-order chi connectivity index (χ0) is 7.28. The average Bonchev–Trinajstić information content (AvgIpc) is 1.82. The van der Waals surface area contributed by atoms with Crippen molar-refractivity contribution in [2.24, 2.45) is 0 Å². The molecule has 0 fully saturated rings. The van der Waals surface area contributed by atoms with E-state index in [4.69, 9.17) is 0 Å². The fraction of sp³-hybridized carbons (Fsp3) is 1.00. The molecule has 0 amide bonds. The number of hydrogen-bond donors (Lipinski definition) is 1. The summed E-state index contributed by atoms with van der Waals surface area (Å²) >= 11 is 0. The van der Waals surface area contributed by atoms with Crippen LogP contribution >= 0.6 is 0 Å². The van der Waals surface area contributed by atoms with Crippen LogP contribution in [0.4, 0.5) is 0 Å². The SMILES string of the molecule is CCCNC(C)[N+](=O)[O-]. The molecule has 0 aliphatic rings. The Labute approximate surface area is 54.4 Å². The summed E-state index contributed by atoms with van der Waals surface area (Å²) in [5.41, 5.74) is 0. The molecule has 0 aromatic rings. The second-order valence-corrected chi connectivity index (χ2v) is 1.92. The molecular weight excluding hydrogens is 120 g/mol. The summed E-state index contributed by atoms with van der Waals surface area (Å²) in [5.74, 6) is 0. The van der Waals surface area contributed by atoms with Gasteiger partial charge in [0.05, 0.1) is 0 Å². The van der Waals surface area contributed by atoms with Crippen LogP contribution in [0.15, 0.2) is 0 Å². The molecule has 0 aliphatic heterocycles. The van der Waals surface area contributed by atoms with Crippen LogP contribution in [0.5, 0.6) is 0 Å². The van der Waals surface area contributed by atoms with Gasteiger partial charge in [-0.15, -0.1) is 0 Å². The van der Waals surface area contributed by atoms with E-state index < -0.39 is 6.17 Å². The van der Waals surface area contributed by atoms with Crippen molar-refractivity contribution in [1.29, 1.82) is 0 Å². The smallest absolute Gasteiger partial charge is 0.263 e. The Morgan fingerprint density at radius 1 is 1.78 bits per heavy atom. The molecule has 0 saturated carbocycles. The highest BCUT2D eigenvalue weighted by Gasteiger charge is 2.08. The van der Waals surface area contributed by atoms with Gasteiger partial charge in [-0.05, 0) is 6.42 Å². The summed E-state index contributed by atoms with van der Waals surface area (Å²) in [6.07, 6.45) is 0.322. The highest BCUT2D eigenvalue weighted by Crippen LogP contribution is 1.81. The van der Waals surface area contributed by atoms with Crippen LogP contribution in [0.3, 0.4) is 0 Å². The van der Waals surface area contributed by atoms with Gasteiger partial charge in [-0.25, -0.2) is 0 Å². The van der Waals surface area contributed by atoms with Gasteiger partial charge in [0.15, 0.2) is 0 Å². The van der Waals surface area contributed by atoms with Crippen molar-refractivity contribution in [3.05, 3.63) is 10.1 Å². The Morgan fingerprint density at radius 2 is 2.33 bits per heavy atom. The lowest BCUT2D eigenvalue weighted by molar-refractivity contribution is -0.524. The molecule has 0 spiro atoms. The van der Waals surface area contributed by atoms with E-state index in [1.807, 2.05) is 6.92 Å². The summed E-state index contributed by atoms with van der Waals surface area (Å²) in [5, 5.41) is 12.7. The van der Waals surface area contributed by atoms with E-state index in [0.29, 0.717) is 6.54 Å². The topological polar surface area (TPSA) is 55.2 Å².